The molecule has 4 aromatic rings. The molecule has 3 aromatic carbocycles. The van der Waals surface area contributed by atoms with Gasteiger partial charge in [-0.3, -0.25) is 0 Å². The highest BCUT2D eigenvalue weighted by molar-refractivity contribution is 5.91. The minimum Gasteiger partial charge on any atom is -0.399 e. The molecule has 4 heteroatoms. The van der Waals surface area contributed by atoms with Crippen molar-refractivity contribution in [1.29, 1.82) is 0 Å². The molecule has 1 aromatic heterocycles. The zero-order chi connectivity index (χ0) is 19.5. The molecule has 0 aliphatic rings. The van der Waals surface area contributed by atoms with Gasteiger partial charge in [-0.05, 0) is 54.3 Å². The average molecular weight is 368 g/mol. The normalized spacial score (nSPS) is 12.1. The van der Waals surface area contributed by atoms with Gasteiger partial charge in [-0.15, -0.1) is 0 Å². The number of anilines is 2. The molecule has 1 atom stereocenters. The van der Waals surface area contributed by atoms with Crippen LogP contribution in [0.25, 0.3) is 10.9 Å². The van der Waals surface area contributed by atoms with Gasteiger partial charge in [0.15, 0.2) is 0 Å². The summed E-state index contributed by atoms with van der Waals surface area (Å²) in [6.45, 7) is 5.04. The first-order chi connectivity index (χ1) is 13.6. The van der Waals surface area contributed by atoms with Crippen molar-refractivity contribution in [2.45, 2.75) is 19.8 Å². The fourth-order valence-electron chi connectivity index (χ4n) is 3.51. The number of fused-ring (bicyclic) bond motifs is 1. The van der Waals surface area contributed by atoms with Crippen molar-refractivity contribution in [3.05, 3.63) is 95.3 Å². The van der Waals surface area contributed by atoms with Crippen molar-refractivity contribution in [1.82, 2.24) is 9.97 Å². The second kappa shape index (κ2) is 7.69. The minimum atomic E-state index is 0.214. The molecule has 28 heavy (non-hydrogen) atoms. The standard InChI is InChI=1S/C24H24N4/c1-16-8-9-19(12-17(16)2)22(18-6-4-3-5-7-18)14-26-24-21-13-20(25)10-11-23(21)27-15-28-24/h3-13,15,22H,14,25H2,1-2H3,(H,26,27,28). The number of rotatable bonds is 5. The lowest BCUT2D eigenvalue weighted by atomic mass is 9.89. The SMILES string of the molecule is Cc1ccc(C(CNc2ncnc3ccc(N)cc23)c2ccccc2)cc1C. The molecule has 0 radical (unpaired) electrons. The Hall–Kier alpha value is -3.40. The zero-order valence-electron chi connectivity index (χ0n) is 16.2. The molecule has 1 heterocycles. The van der Waals surface area contributed by atoms with E-state index in [1.165, 1.54) is 22.3 Å². The van der Waals surface area contributed by atoms with Crippen LogP contribution in [0.2, 0.25) is 0 Å². The third-order valence-electron chi connectivity index (χ3n) is 5.27. The van der Waals surface area contributed by atoms with Crippen LogP contribution in [0.15, 0.2) is 73.1 Å². The first kappa shape index (κ1) is 18.0. The van der Waals surface area contributed by atoms with E-state index in [1.54, 1.807) is 6.33 Å². The van der Waals surface area contributed by atoms with Gasteiger partial charge in [-0.2, -0.15) is 0 Å². The Labute approximate surface area is 165 Å². The summed E-state index contributed by atoms with van der Waals surface area (Å²) < 4.78 is 0. The molecule has 3 N–H and O–H groups in total. The van der Waals surface area contributed by atoms with Crippen LogP contribution >= 0.6 is 0 Å². The molecule has 0 spiro atoms. The number of hydrogen-bond donors (Lipinski definition) is 2. The van der Waals surface area contributed by atoms with Crippen molar-refractivity contribution in [3.63, 3.8) is 0 Å². The van der Waals surface area contributed by atoms with Gasteiger partial charge in [0, 0.05) is 23.5 Å². The number of aryl methyl sites for hydroxylation is 2. The summed E-state index contributed by atoms with van der Waals surface area (Å²) in [6, 6.07) is 23.0. The maximum atomic E-state index is 5.98. The molecule has 0 saturated carbocycles. The molecular weight excluding hydrogens is 344 g/mol. The molecule has 1 unspecified atom stereocenters. The van der Waals surface area contributed by atoms with Crippen LogP contribution in [0.5, 0.6) is 0 Å². The number of nitrogens with zero attached hydrogens (tertiary/aromatic N) is 2. The van der Waals surface area contributed by atoms with Gasteiger partial charge in [-0.25, -0.2) is 9.97 Å². The number of aromatic nitrogens is 2. The molecule has 0 saturated heterocycles. The Balaban J connectivity index is 1.69. The largest absolute Gasteiger partial charge is 0.399 e. The van der Waals surface area contributed by atoms with Crippen molar-refractivity contribution in [3.8, 4) is 0 Å². The van der Waals surface area contributed by atoms with Gasteiger partial charge in [0.1, 0.15) is 12.1 Å². The van der Waals surface area contributed by atoms with Crippen LogP contribution in [0, 0.1) is 13.8 Å². The van der Waals surface area contributed by atoms with E-state index in [9.17, 15) is 0 Å². The topological polar surface area (TPSA) is 63.8 Å². The molecule has 0 fully saturated rings. The summed E-state index contributed by atoms with van der Waals surface area (Å²) in [6.07, 6.45) is 1.59. The number of nitrogen functional groups attached to an aromatic ring is 1. The van der Waals surface area contributed by atoms with Crippen LogP contribution in [0.3, 0.4) is 0 Å². The molecule has 4 rings (SSSR count). The van der Waals surface area contributed by atoms with E-state index >= 15 is 0 Å². The smallest absolute Gasteiger partial charge is 0.137 e. The molecule has 140 valence electrons. The molecule has 4 nitrogen and oxygen atoms in total. The third-order valence-corrected chi connectivity index (χ3v) is 5.27. The number of nitrogens with two attached hydrogens (primary N) is 1. The van der Waals surface area contributed by atoms with E-state index in [4.69, 9.17) is 5.73 Å². The molecular formula is C24H24N4. The molecule has 0 bridgehead atoms. The van der Waals surface area contributed by atoms with E-state index in [2.05, 4.69) is 77.7 Å². The van der Waals surface area contributed by atoms with Crippen LogP contribution in [-0.2, 0) is 0 Å². The molecule has 0 amide bonds. The number of hydrogen-bond acceptors (Lipinski definition) is 4. The Morgan fingerprint density at radius 3 is 2.46 bits per heavy atom. The van der Waals surface area contributed by atoms with Crippen LogP contribution < -0.4 is 11.1 Å². The first-order valence-corrected chi connectivity index (χ1v) is 9.48. The third kappa shape index (κ3) is 3.67. The lowest BCUT2D eigenvalue weighted by Crippen LogP contribution is -2.15. The minimum absolute atomic E-state index is 0.214. The Morgan fingerprint density at radius 1 is 0.857 bits per heavy atom. The Kier molecular flexibility index (Phi) is 4.94. The summed E-state index contributed by atoms with van der Waals surface area (Å²) in [4.78, 5) is 8.80. The summed E-state index contributed by atoms with van der Waals surface area (Å²) in [5.74, 6) is 1.02. The van der Waals surface area contributed by atoms with E-state index in [0.29, 0.717) is 5.69 Å². The first-order valence-electron chi connectivity index (χ1n) is 9.48. The summed E-state index contributed by atoms with van der Waals surface area (Å²) in [5, 5.41) is 4.48. The maximum Gasteiger partial charge on any atom is 0.137 e. The van der Waals surface area contributed by atoms with Gasteiger partial charge in [0.05, 0.1) is 5.52 Å². The van der Waals surface area contributed by atoms with E-state index in [-0.39, 0.29) is 5.92 Å². The highest BCUT2D eigenvalue weighted by atomic mass is 15.0. The van der Waals surface area contributed by atoms with Crippen molar-refractivity contribution in [2.75, 3.05) is 17.6 Å². The van der Waals surface area contributed by atoms with Crippen LogP contribution in [-0.4, -0.2) is 16.5 Å². The quantitative estimate of drug-likeness (QED) is 0.483. The molecule has 0 aliphatic carbocycles. The summed E-state index contributed by atoms with van der Waals surface area (Å²) in [5.41, 5.74) is 12.7. The van der Waals surface area contributed by atoms with Gasteiger partial charge >= 0.3 is 0 Å². The Morgan fingerprint density at radius 2 is 1.68 bits per heavy atom. The van der Waals surface area contributed by atoms with Crippen molar-refractivity contribution >= 4 is 22.4 Å². The van der Waals surface area contributed by atoms with Crippen LogP contribution in [0.4, 0.5) is 11.5 Å². The second-order valence-electron chi connectivity index (χ2n) is 7.19. The van der Waals surface area contributed by atoms with Crippen molar-refractivity contribution in [2.24, 2.45) is 0 Å². The maximum absolute atomic E-state index is 5.98. The lowest BCUT2D eigenvalue weighted by Gasteiger charge is -2.20. The Bertz CT molecular complexity index is 1110. The van der Waals surface area contributed by atoms with Gasteiger partial charge < -0.3 is 11.1 Å². The predicted molar refractivity (Wildman–Crippen MR) is 117 cm³/mol. The number of nitrogens with one attached hydrogen (secondary N) is 1. The van der Waals surface area contributed by atoms with Crippen LogP contribution in [0.1, 0.15) is 28.2 Å². The van der Waals surface area contributed by atoms with Gasteiger partial charge in [0.25, 0.3) is 0 Å². The van der Waals surface area contributed by atoms with E-state index < -0.39 is 0 Å². The van der Waals surface area contributed by atoms with E-state index in [1.807, 2.05) is 18.2 Å². The second-order valence-corrected chi connectivity index (χ2v) is 7.19. The van der Waals surface area contributed by atoms with Gasteiger partial charge in [-0.1, -0.05) is 48.5 Å². The number of benzene rings is 3. The average Bonchev–Trinajstić information content (AvgIpc) is 2.71. The lowest BCUT2D eigenvalue weighted by molar-refractivity contribution is 0.847. The monoisotopic (exact) mass is 368 g/mol. The fraction of sp³-hybridized carbons (Fsp3) is 0.167. The summed E-state index contributed by atoms with van der Waals surface area (Å²) in [7, 11) is 0. The van der Waals surface area contributed by atoms with Crippen molar-refractivity contribution < 1.29 is 0 Å². The molecule has 0 aliphatic heterocycles. The summed E-state index contributed by atoms with van der Waals surface area (Å²) >= 11 is 0. The fourth-order valence-corrected chi connectivity index (χ4v) is 3.51. The van der Waals surface area contributed by atoms with E-state index in [0.717, 1.165) is 23.3 Å². The highest BCUT2D eigenvalue weighted by Gasteiger charge is 2.16. The predicted octanol–water partition coefficient (Wildman–Crippen LogP) is 5.07. The van der Waals surface area contributed by atoms with Gasteiger partial charge in [0.2, 0.25) is 0 Å². The zero-order valence-corrected chi connectivity index (χ0v) is 16.2. The highest BCUT2D eigenvalue weighted by Crippen LogP contribution is 2.28.